The third-order valence-electron chi connectivity index (χ3n) is 4.45. The fourth-order valence-corrected chi connectivity index (χ4v) is 3.16. The number of benzene rings is 2. The van der Waals surface area contributed by atoms with Gasteiger partial charge >= 0.3 is 0 Å². The van der Waals surface area contributed by atoms with Gasteiger partial charge in [-0.15, -0.1) is 0 Å². The first-order chi connectivity index (χ1) is 13.8. The molecule has 2 rings (SSSR count). The maximum Gasteiger partial charge on any atom is 0.261 e. The average Bonchev–Trinajstić information content (AvgIpc) is 2.67. The first-order valence-electron chi connectivity index (χ1n) is 9.84. The molecule has 29 heavy (non-hydrogen) atoms. The highest BCUT2D eigenvalue weighted by molar-refractivity contribution is 6.30. The molecule has 0 aliphatic rings. The molecule has 0 aliphatic heterocycles. The highest BCUT2D eigenvalue weighted by Crippen LogP contribution is 2.18. The fourth-order valence-electron chi connectivity index (χ4n) is 2.98. The molecule has 0 spiro atoms. The predicted molar refractivity (Wildman–Crippen MR) is 116 cm³/mol. The van der Waals surface area contributed by atoms with Gasteiger partial charge in [-0.1, -0.05) is 54.4 Å². The summed E-state index contributed by atoms with van der Waals surface area (Å²) in [5, 5.41) is 3.45. The number of aryl methyl sites for hydroxylation is 1. The van der Waals surface area contributed by atoms with E-state index in [1.54, 1.807) is 29.2 Å². The van der Waals surface area contributed by atoms with E-state index in [1.807, 2.05) is 52.0 Å². The van der Waals surface area contributed by atoms with E-state index in [-0.39, 0.29) is 24.5 Å². The second-order valence-electron chi connectivity index (χ2n) is 7.34. The van der Waals surface area contributed by atoms with Gasteiger partial charge in [0.1, 0.15) is 11.8 Å². The molecule has 1 N–H and O–H groups in total. The Morgan fingerprint density at radius 1 is 1.14 bits per heavy atom. The summed E-state index contributed by atoms with van der Waals surface area (Å²) in [5.41, 5.74) is 2.10. The minimum Gasteiger partial charge on any atom is -0.484 e. The molecule has 0 fully saturated rings. The van der Waals surface area contributed by atoms with Crippen molar-refractivity contribution < 1.29 is 14.3 Å². The Morgan fingerprint density at radius 3 is 2.41 bits per heavy atom. The van der Waals surface area contributed by atoms with Crippen LogP contribution in [0.3, 0.4) is 0 Å². The quantitative estimate of drug-likeness (QED) is 0.660. The SMILES string of the molecule is CC[C@H](C(=O)NC(C)C)N(Cc1ccc(C)cc1)C(=O)COc1cccc(Cl)c1. The van der Waals surface area contributed by atoms with Crippen LogP contribution >= 0.6 is 11.6 Å². The van der Waals surface area contributed by atoms with Crippen LogP contribution < -0.4 is 10.1 Å². The number of nitrogens with one attached hydrogen (secondary N) is 1. The van der Waals surface area contributed by atoms with Crippen molar-refractivity contribution in [3.05, 3.63) is 64.7 Å². The third kappa shape index (κ3) is 7.09. The molecule has 5 nitrogen and oxygen atoms in total. The zero-order valence-corrected chi connectivity index (χ0v) is 18.2. The van der Waals surface area contributed by atoms with Crippen LogP contribution in [0.25, 0.3) is 0 Å². The molecule has 2 aromatic rings. The van der Waals surface area contributed by atoms with E-state index < -0.39 is 6.04 Å². The van der Waals surface area contributed by atoms with Gasteiger partial charge in [-0.2, -0.15) is 0 Å². The maximum absolute atomic E-state index is 13.1. The lowest BCUT2D eigenvalue weighted by Gasteiger charge is -2.31. The third-order valence-corrected chi connectivity index (χ3v) is 4.68. The van der Waals surface area contributed by atoms with Crippen molar-refractivity contribution in [3.8, 4) is 5.75 Å². The van der Waals surface area contributed by atoms with Crippen molar-refractivity contribution in [3.63, 3.8) is 0 Å². The number of halogens is 1. The summed E-state index contributed by atoms with van der Waals surface area (Å²) in [6.45, 7) is 7.88. The molecule has 0 bridgehead atoms. The number of nitrogens with zero attached hydrogens (tertiary/aromatic N) is 1. The Labute approximate surface area is 178 Å². The molecule has 2 amide bonds. The van der Waals surface area contributed by atoms with Gasteiger partial charge in [0.2, 0.25) is 5.91 Å². The number of amides is 2. The van der Waals surface area contributed by atoms with Crippen LogP contribution in [-0.2, 0) is 16.1 Å². The van der Waals surface area contributed by atoms with Gasteiger partial charge in [-0.05, 0) is 51.0 Å². The summed E-state index contributed by atoms with van der Waals surface area (Å²) >= 11 is 5.98. The molecule has 2 aromatic carbocycles. The monoisotopic (exact) mass is 416 g/mol. The molecule has 0 saturated heterocycles. The van der Waals surface area contributed by atoms with Crippen LogP contribution in [0.2, 0.25) is 5.02 Å². The molecular weight excluding hydrogens is 388 g/mol. The van der Waals surface area contributed by atoms with E-state index in [2.05, 4.69) is 5.32 Å². The minimum absolute atomic E-state index is 0.00409. The van der Waals surface area contributed by atoms with Crippen LogP contribution in [0.15, 0.2) is 48.5 Å². The van der Waals surface area contributed by atoms with E-state index in [9.17, 15) is 9.59 Å². The zero-order valence-electron chi connectivity index (χ0n) is 17.4. The van der Waals surface area contributed by atoms with Gasteiger partial charge in [-0.25, -0.2) is 0 Å². The summed E-state index contributed by atoms with van der Waals surface area (Å²) in [5.74, 6) is 0.0999. The van der Waals surface area contributed by atoms with Gasteiger partial charge in [0.05, 0.1) is 0 Å². The van der Waals surface area contributed by atoms with Crippen LogP contribution in [0.5, 0.6) is 5.75 Å². The number of rotatable bonds is 9. The van der Waals surface area contributed by atoms with E-state index in [1.165, 1.54) is 0 Å². The second kappa shape index (κ2) is 10.9. The average molecular weight is 417 g/mol. The van der Waals surface area contributed by atoms with Crippen LogP contribution in [0.4, 0.5) is 0 Å². The largest absolute Gasteiger partial charge is 0.484 e. The van der Waals surface area contributed by atoms with E-state index in [0.29, 0.717) is 23.7 Å². The number of carbonyl (C=O) groups is 2. The standard InChI is InChI=1S/C23H29ClN2O3/c1-5-21(23(28)25-16(2)3)26(14-18-11-9-17(4)10-12-18)22(27)15-29-20-8-6-7-19(24)13-20/h6-13,16,21H,5,14-15H2,1-4H3,(H,25,28)/t21-/m1/s1. The lowest BCUT2D eigenvalue weighted by molar-refractivity contribution is -0.143. The summed E-state index contributed by atoms with van der Waals surface area (Å²) < 4.78 is 5.63. The van der Waals surface area contributed by atoms with E-state index in [4.69, 9.17) is 16.3 Å². The summed E-state index contributed by atoms with van der Waals surface area (Å²) in [6, 6.07) is 14.3. The van der Waals surface area contributed by atoms with Crippen LogP contribution in [0.1, 0.15) is 38.3 Å². The zero-order chi connectivity index (χ0) is 21.4. The van der Waals surface area contributed by atoms with Gasteiger partial charge in [-0.3, -0.25) is 9.59 Å². The van der Waals surface area contributed by atoms with Gasteiger partial charge in [0.25, 0.3) is 5.91 Å². The summed E-state index contributed by atoms with van der Waals surface area (Å²) in [4.78, 5) is 27.4. The molecule has 6 heteroatoms. The molecule has 1 atom stereocenters. The molecule has 0 aliphatic carbocycles. The Bertz CT molecular complexity index is 821. The fraction of sp³-hybridized carbons (Fsp3) is 0.391. The van der Waals surface area contributed by atoms with E-state index in [0.717, 1.165) is 11.1 Å². The topological polar surface area (TPSA) is 58.6 Å². The van der Waals surface area contributed by atoms with Crippen LogP contribution in [-0.4, -0.2) is 35.4 Å². The smallest absolute Gasteiger partial charge is 0.261 e. The first kappa shape index (κ1) is 22.8. The Kier molecular flexibility index (Phi) is 8.52. The lowest BCUT2D eigenvalue weighted by atomic mass is 10.1. The Hall–Kier alpha value is -2.53. The van der Waals surface area contributed by atoms with Crippen molar-refractivity contribution >= 4 is 23.4 Å². The molecule has 0 radical (unpaired) electrons. The Balaban J connectivity index is 2.20. The Morgan fingerprint density at radius 2 is 1.83 bits per heavy atom. The highest BCUT2D eigenvalue weighted by Gasteiger charge is 2.29. The van der Waals surface area contributed by atoms with Crippen LogP contribution in [0, 0.1) is 6.92 Å². The molecule has 0 saturated carbocycles. The normalized spacial score (nSPS) is 11.8. The second-order valence-corrected chi connectivity index (χ2v) is 7.78. The number of ether oxygens (including phenoxy) is 1. The summed E-state index contributed by atoms with van der Waals surface area (Å²) in [6.07, 6.45) is 0.507. The molecular formula is C23H29ClN2O3. The molecule has 0 aromatic heterocycles. The summed E-state index contributed by atoms with van der Waals surface area (Å²) in [7, 11) is 0. The number of carbonyl (C=O) groups excluding carboxylic acids is 2. The van der Waals surface area contributed by atoms with Crippen molar-refractivity contribution in [1.29, 1.82) is 0 Å². The molecule has 0 unspecified atom stereocenters. The number of hydrogen-bond donors (Lipinski definition) is 1. The maximum atomic E-state index is 13.1. The van der Waals surface area contributed by atoms with Gasteiger partial charge < -0.3 is 15.0 Å². The van der Waals surface area contributed by atoms with Crippen molar-refractivity contribution in [2.24, 2.45) is 0 Å². The van der Waals surface area contributed by atoms with Crippen molar-refractivity contribution in [1.82, 2.24) is 10.2 Å². The first-order valence-corrected chi connectivity index (χ1v) is 10.2. The molecule has 156 valence electrons. The highest BCUT2D eigenvalue weighted by atomic mass is 35.5. The minimum atomic E-state index is -0.575. The predicted octanol–water partition coefficient (Wildman–Crippen LogP) is 4.36. The number of hydrogen-bond acceptors (Lipinski definition) is 3. The van der Waals surface area contributed by atoms with E-state index >= 15 is 0 Å². The van der Waals surface area contributed by atoms with Crippen molar-refractivity contribution in [2.75, 3.05) is 6.61 Å². The van der Waals surface area contributed by atoms with Gasteiger partial charge in [0.15, 0.2) is 6.61 Å². The van der Waals surface area contributed by atoms with Gasteiger partial charge in [0, 0.05) is 17.6 Å². The lowest BCUT2D eigenvalue weighted by Crippen LogP contribution is -2.51. The molecule has 0 heterocycles. The van der Waals surface area contributed by atoms with Crippen molar-refractivity contribution in [2.45, 2.75) is 52.7 Å².